The molecule has 19 heavy (non-hydrogen) atoms. The highest BCUT2D eigenvalue weighted by Crippen LogP contribution is 2.45. The first-order valence-corrected chi connectivity index (χ1v) is 7.15. The van der Waals surface area contributed by atoms with Crippen LogP contribution in [0.2, 0.25) is 0 Å². The third kappa shape index (κ3) is 2.26. The second-order valence-electron chi connectivity index (χ2n) is 6.15. The zero-order valence-corrected chi connectivity index (χ0v) is 11.4. The number of hydrogen-bond donors (Lipinski definition) is 0. The van der Waals surface area contributed by atoms with E-state index >= 15 is 0 Å². The van der Waals surface area contributed by atoms with Gasteiger partial charge in [0.15, 0.2) is 0 Å². The van der Waals surface area contributed by atoms with E-state index in [9.17, 15) is 9.18 Å². The fraction of sp³-hybridized carbons (Fsp3) is 0.562. The standard InChI is InChI=1S/C16H20FNO/c1-12-10-13(4-5-14(12)17)15(19)18-9-8-16(11-18)6-2-3-7-16/h4-5,10H,2-3,6-9,11H2,1H3. The van der Waals surface area contributed by atoms with Gasteiger partial charge in [-0.25, -0.2) is 4.39 Å². The van der Waals surface area contributed by atoms with Gasteiger partial charge in [-0.1, -0.05) is 12.8 Å². The number of benzene rings is 1. The Morgan fingerprint density at radius 2 is 2.00 bits per heavy atom. The van der Waals surface area contributed by atoms with Gasteiger partial charge in [0.05, 0.1) is 0 Å². The maximum atomic E-state index is 13.3. The van der Waals surface area contributed by atoms with Gasteiger partial charge in [0, 0.05) is 18.7 Å². The Bertz CT molecular complexity index is 505. The van der Waals surface area contributed by atoms with E-state index in [1.54, 1.807) is 19.1 Å². The van der Waals surface area contributed by atoms with Crippen LogP contribution in [0.25, 0.3) is 0 Å². The molecule has 3 heteroatoms. The van der Waals surface area contributed by atoms with Crippen LogP contribution in [-0.2, 0) is 0 Å². The molecule has 1 aliphatic heterocycles. The van der Waals surface area contributed by atoms with Crippen molar-refractivity contribution in [2.75, 3.05) is 13.1 Å². The predicted molar refractivity (Wildman–Crippen MR) is 72.6 cm³/mol. The van der Waals surface area contributed by atoms with Gasteiger partial charge >= 0.3 is 0 Å². The van der Waals surface area contributed by atoms with Crippen molar-refractivity contribution in [3.63, 3.8) is 0 Å². The highest BCUT2D eigenvalue weighted by atomic mass is 19.1. The number of likely N-dealkylation sites (tertiary alicyclic amines) is 1. The molecule has 2 fully saturated rings. The van der Waals surface area contributed by atoms with Crippen LogP contribution < -0.4 is 0 Å². The molecule has 1 aromatic rings. The van der Waals surface area contributed by atoms with E-state index in [0.29, 0.717) is 16.5 Å². The monoisotopic (exact) mass is 261 g/mol. The van der Waals surface area contributed by atoms with Crippen LogP contribution in [0.3, 0.4) is 0 Å². The summed E-state index contributed by atoms with van der Waals surface area (Å²) in [5.41, 5.74) is 1.56. The van der Waals surface area contributed by atoms with Crippen molar-refractivity contribution in [3.8, 4) is 0 Å². The zero-order valence-electron chi connectivity index (χ0n) is 11.4. The topological polar surface area (TPSA) is 20.3 Å². The first-order chi connectivity index (χ1) is 9.10. The third-order valence-electron chi connectivity index (χ3n) is 4.79. The molecule has 2 aliphatic rings. The van der Waals surface area contributed by atoms with Crippen LogP contribution in [0, 0.1) is 18.2 Å². The largest absolute Gasteiger partial charge is 0.338 e. The molecule has 3 rings (SSSR count). The molecular formula is C16H20FNO. The summed E-state index contributed by atoms with van der Waals surface area (Å²) < 4.78 is 13.3. The summed E-state index contributed by atoms with van der Waals surface area (Å²) in [6.07, 6.45) is 6.27. The Morgan fingerprint density at radius 1 is 1.26 bits per heavy atom. The van der Waals surface area contributed by atoms with Crippen molar-refractivity contribution in [2.24, 2.45) is 5.41 Å². The minimum atomic E-state index is -0.245. The lowest BCUT2D eigenvalue weighted by atomic mass is 9.86. The van der Waals surface area contributed by atoms with Gasteiger partial charge in [0.25, 0.3) is 5.91 Å². The summed E-state index contributed by atoms with van der Waals surface area (Å²) in [4.78, 5) is 14.4. The maximum Gasteiger partial charge on any atom is 0.253 e. The van der Waals surface area contributed by atoms with Crippen LogP contribution in [0.5, 0.6) is 0 Å². The average molecular weight is 261 g/mol. The summed E-state index contributed by atoms with van der Waals surface area (Å²) in [5, 5.41) is 0. The summed E-state index contributed by atoms with van der Waals surface area (Å²) in [6, 6.07) is 4.66. The number of amides is 1. The summed E-state index contributed by atoms with van der Waals surface area (Å²) >= 11 is 0. The minimum Gasteiger partial charge on any atom is -0.338 e. The van der Waals surface area contributed by atoms with Crippen molar-refractivity contribution >= 4 is 5.91 Å². The van der Waals surface area contributed by atoms with Crippen LogP contribution in [0.1, 0.15) is 48.0 Å². The Morgan fingerprint density at radius 3 is 2.68 bits per heavy atom. The number of halogens is 1. The predicted octanol–water partition coefficient (Wildman–Crippen LogP) is 3.54. The van der Waals surface area contributed by atoms with Gasteiger partial charge in [-0.05, 0) is 55.4 Å². The zero-order chi connectivity index (χ0) is 13.5. The van der Waals surface area contributed by atoms with Crippen molar-refractivity contribution in [2.45, 2.75) is 39.0 Å². The summed E-state index contributed by atoms with van der Waals surface area (Å²) in [5.74, 6) is -0.183. The van der Waals surface area contributed by atoms with E-state index in [1.165, 1.54) is 31.7 Å². The van der Waals surface area contributed by atoms with Crippen molar-refractivity contribution in [1.29, 1.82) is 0 Å². The van der Waals surface area contributed by atoms with Gasteiger partial charge in [-0.3, -0.25) is 4.79 Å². The molecule has 2 nitrogen and oxygen atoms in total. The van der Waals surface area contributed by atoms with Crippen LogP contribution >= 0.6 is 0 Å². The molecule has 1 aliphatic carbocycles. The number of rotatable bonds is 1. The van der Waals surface area contributed by atoms with E-state index < -0.39 is 0 Å². The smallest absolute Gasteiger partial charge is 0.253 e. The van der Waals surface area contributed by atoms with Crippen molar-refractivity contribution in [1.82, 2.24) is 4.90 Å². The molecule has 1 heterocycles. The second kappa shape index (κ2) is 4.62. The maximum absolute atomic E-state index is 13.3. The third-order valence-corrected chi connectivity index (χ3v) is 4.79. The van der Waals surface area contributed by atoms with Crippen LogP contribution in [0.4, 0.5) is 4.39 Å². The second-order valence-corrected chi connectivity index (χ2v) is 6.15. The molecule has 1 aromatic carbocycles. The molecule has 0 radical (unpaired) electrons. The lowest BCUT2D eigenvalue weighted by molar-refractivity contribution is 0.0773. The molecule has 0 unspecified atom stereocenters. The normalized spacial score (nSPS) is 21.3. The Balaban J connectivity index is 1.76. The van der Waals surface area contributed by atoms with Crippen molar-refractivity contribution < 1.29 is 9.18 Å². The number of hydrogen-bond acceptors (Lipinski definition) is 1. The highest BCUT2D eigenvalue weighted by molar-refractivity contribution is 5.94. The first-order valence-electron chi connectivity index (χ1n) is 7.15. The molecule has 0 N–H and O–H groups in total. The summed E-state index contributed by atoms with van der Waals surface area (Å²) in [6.45, 7) is 3.45. The number of carbonyl (C=O) groups excluding carboxylic acids is 1. The van der Waals surface area contributed by atoms with Crippen LogP contribution in [0.15, 0.2) is 18.2 Å². The first kappa shape index (κ1) is 12.6. The molecule has 102 valence electrons. The molecular weight excluding hydrogens is 241 g/mol. The SMILES string of the molecule is Cc1cc(C(=O)N2CCC3(CCCC3)C2)ccc1F. The van der Waals surface area contributed by atoms with E-state index in [4.69, 9.17) is 0 Å². The van der Waals surface area contributed by atoms with E-state index in [0.717, 1.165) is 19.5 Å². The molecule has 1 saturated heterocycles. The number of carbonyl (C=O) groups is 1. The Hall–Kier alpha value is -1.38. The molecule has 1 spiro atoms. The molecule has 0 atom stereocenters. The molecule has 1 saturated carbocycles. The van der Waals surface area contributed by atoms with E-state index in [-0.39, 0.29) is 11.7 Å². The van der Waals surface area contributed by atoms with E-state index in [2.05, 4.69) is 0 Å². The van der Waals surface area contributed by atoms with Gasteiger partial charge in [0.1, 0.15) is 5.82 Å². The van der Waals surface area contributed by atoms with Gasteiger partial charge < -0.3 is 4.90 Å². The quantitative estimate of drug-likeness (QED) is 0.757. The average Bonchev–Trinajstić information content (AvgIpc) is 3.03. The number of nitrogens with zero attached hydrogens (tertiary/aromatic N) is 1. The fourth-order valence-corrected chi connectivity index (χ4v) is 3.60. The van der Waals surface area contributed by atoms with Gasteiger partial charge in [-0.15, -0.1) is 0 Å². The lowest BCUT2D eigenvalue weighted by Gasteiger charge is -2.23. The molecule has 1 amide bonds. The van der Waals surface area contributed by atoms with E-state index in [1.807, 2.05) is 4.90 Å². The lowest BCUT2D eigenvalue weighted by Crippen LogP contribution is -2.31. The molecule has 0 aromatic heterocycles. The van der Waals surface area contributed by atoms with Gasteiger partial charge in [0.2, 0.25) is 0 Å². The van der Waals surface area contributed by atoms with Gasteiger partial charge in [-0.2, -0.15) is 0 Å². The summed E-state index contributed by atoms with van der Waals surface area (Å²) in [7, 11) is 0. The minimum absolute atomic E-state index is 0.0619. The van der Waals surface area contributed by atoms with Crippen molar-refractivity contribution in [3.05, 3.63) is 35.1 Å². The number of aryl methyl sites for hydroxylation is 1. The Labute approximate surface area is 113 Å². The van der Waals surface area contributed by atoms with Crippen LogP contribution in [-0.4, -0.2) is 23.9 Å². The fourth-order valence-electron chi connectivity index (χ4n) is 3.60. The Kier molecular flexibility index (Phi) is 3.08. The highest BCUT2D eigenvalue weighted by Gasteiger charge is 2.41. The molecule has 0 bridgehead atoms.